The molecule has 1 atom stereocenters. The van der Waals surface area contributed by atoms with Gasteiger partial charge in [-0.3, -0.25) is 0 Å². The largest absolute Gasteiger partial charge is 0.338 e. The molecule has 0 aliphatic rings. The Hall–Kier alpha value is -1.20. The molecule has 19 heavy (non-hydrogen) atoms. The van der Waals surface area contributed by atoms with Gasteiger partial charge in [-0.2, -0.15) is 0 Å². The van der Waals surface area contributed by atoms with Crippen molar-refractivity contribution >= 4 is 15.9 Å². The first-order valence-corrected chi connectivity index (χ1v) is 6.99. The van der Waals surface area contributed by atoms with Crippen LogP contribution in [0.1, 0.15) is 23.9 Å². The van der Waals surface area contributed by atoms with Gasteiger partial charge in [0.15, 0.2) is 0 Å². The maximum Gasteiger partial charge on any atom is 0.137 e. The molecule has 0 amide bonds. The second kappa shape index (κ2) is 6.30. The third-order valence-electron chi connectivity index (χ3n) is 3.27. The number of imidazole rings is 1. The molecule has 0 spiro atoms. The van der Waals surface area contributed by atoms with Crippen LogP contribution < -0.4 is 5.32 Å². The molecule has 102 valence electrons. The SMILES string of the molecule is CNC(CCc1nccn1C)c1ccc(F)c(Br)c1. The van der Waals surface area contributed by atoms with E-state index in [-0.39, 0.29) is 11.9 Å². The van der Waals surface area contributed by atoms with Crippen molar-refractivity contribution in [2.45, 2.75) is 18.9 Å². The summed E-state index contributed by atoms with van der Waals surface area (Å²) < 4.78 is 15.8. The highest BCUT2D eigenvalue weighted by Gasteiger charge is 2.12. The fourth-order valence-corrected chi connectivity index (χ4v) is 2.51. The van der Waals surface area contributed by atoms with Crippen molar-refractivity contribution in [3.8, 4) is 0 Å². The summed E-state index contributed by atoms with van der Waals surface area (Å²) in [6.07, 6.45) is 5.54. The first-order chi connectivity index (χ1) is 9.11. The van der Waals surface area contributed by atoms with E-state index in [1.807, 2.05) is 37.0 Å². The van der Waals surface area contributed by atoms with Gasteiger partial charge in [-0.15, -0.1) is 0 Å². The first-order valence-electron chi connectivity index (χ1n) is 6.20. The molecule has 0 aliphatic heterocycles. The minimum Gasteiger partial charge on any atom is -0.338 e. The van der Waals surface area contributed by atoms with E-state index in [0.29, 0.717) is 4.47 Å². The highest BCUT2D eigenvalue weighted by molar-refractivity contribution is 9.10. The summed E-state index contributed by atoms with van der Waals surface area (Å²) in [7, 11) is 3.91. The molecule has 0 saturated heterocycles. The Labute approximate surface area is 121 Å². The van der Waals surface area contributed by atoms with E-state index in [0.717, 1.165) is 24.2 Å². The van der Waals surface area contributed by atoms with E-state index < -0.39 is 0 Å². The van der Waals surface area contributed by atoms with Crippen molar-refractivity contribution in [2.75, 3.05) is 7.05 Å². The number of hydrogen-bond acceptors (Lipinski definition) is 2. The summed E-state index contributed by atoms with van der Waals surface area (Å²) in [5.41, 5.74) is 1.07. The van der Waals surface area contributed by atoms with Gasteiger partial charge in [-0.05, 0) is 47.1 Å². The zero-order chi connectivity index (χ0) is 13.8. The van der Waals surface area contributed by atoms with Crippen molar-refractivity contribution in [1.29, 1.82) is 0 Å². The molecule has 1 unspecified atom stereocenters. The van der Waals surface area contributed by atoms with Crippen LogP contribution in [-0.4, -0.2) is 16.6 Å². The van der Waals surface area contributed by atoms with Gasteiger partial charge < -0.3 is 9.88 Å². The van der Waals surface area contributed by atoms with E-state index in [1.54, 1.807) is 6.20 Å². The first kappa shape index (κ1) is 14.2. The summed E-state index contributed by atoms with van der Waals surface area (Å²) in [5.74, 6) is 0.823. The molecule has 5 heteroatoms. The lowest BCUT2D eigenvalue weighted by molar-refractivity contribution is 0.533. The number of aryl methyl sites for hydroxylation is 2. The van der Waals surface area contributed by atoms with Crippen molar-refractivity contribution in [2.24, 2.45) is 7.05 Å². The van der Waals surface area contributed by atoms with Crippen LogP contribution >= 0.6 is 15.9 Å². The molecule has 2 aromatic rings. The van der Waals surface area contributed by atoms with Gasteiger partial charge in [0.05, 0.1) is 4.47 Å². The predicted octanol–water partition coefficient (Wildman–Crippen LogP) is 3.22. The maximum absolute atomic E-state index is 13.2. The number of nitrogens with one attached hydrogen (secondary N) is 1. The lowest BCUT2D eigenvalue weighted by Gasteiger charge is -2.17. The smallest absolute Gasteiger partial charge is 0.137 e. The molecular formula is C14H17BrFN3. The summed E-state index contributed by atoms with van der Waals surface area (Å²) in [4.78, 5) is 4.31. The van der Waals surface area contributed by atoms with Crippen LogP contribution in [0, 0.1) is 5.82 Å². The molecule has 0 aliphatic carbocycles. The van der Waals surface area contributed by atoms with Gasteiger partial charge in [0, 0.05) is 31.9 Å². The van der Waals surface area contributed by atoms with Crippen molar-refractivity contribution in [1.82, 2.24) is 14.9 Å². The van der Waals surface area contributed by atoms with E-state index in [2.05, 4.69) is 26.2 Å². The number of halogens is 2. The second-order valence-electron chi connectivity index (χ2n) is 4.51. The molecule has 3 nitrogen and oxygen atoms in total. The average molecular weight is 326 g/mol. The fourth-order valence-electron chi connectivity index (χ4n) is 2.12. The third-order valence-corrected chi connectivity index (χ3v) is 3.88. The molecule has 0 saturated carbocycles. The number of aromatic nitrogens is 2. The monoisotopic (exact) mass is 325 g/mol. The third kappa shape index (κ3) is 3.42. The van der Waals surface area contributed by atoms with Gasteiger partial charge >= 0.3 is 0 Å². The summed E-state index contributed by atoms with van der Waals surface area (Å²) in [6.45, 7) is 0. The summed E-state index contributed by atoms with van der Waals surface area (Å²) >= 11 is 3.23. The fraction of sp³-hybridized carbons (Fsp3) is 0.357. The number of benzene rings is 1. The maximum atomic E-state index is 13.2. The second-order valence-corrected chi connectivity index (χ2v) is 5.36. The molecule has 1 heterocycles. The Morgan fingerprint density at radius 1 is 1.47 bits per heavy atom. The zero-order valence-electron chi connectivity index (χ0n) is 11.0. The van der Waals surface area contributed by atoms with Crippen LogP contribution in [0.4, 0.5) is 4.39 Å². The van der Waals surface area contributed by atoms with Gasteiger partial charge in [0.25, 0.3) is 0 Å². The minimum atomic E-state index is -0.234. The molecule has 0 fully saturated rings. The van der Waals surface area contributed by atoms with E-state index in [9.17, 15) is 4.39 Å². The van der Waals surface area contributed by atoms with Gasteiger partial charge in [-0.1, -0.05) is 6.07 Å². The lowest BCUT2D eigenvalue weighted by Crippen LogP contribution is -2.18. The van der Waals surface area contributed by atoms with Crippen LogP contribution in [0.2, 0.25) is 0 Å². The molecule has 0 bridgehead atoms. The summed E-state index contributed by atoms with van der Waals surface area (Å²) in [5, 5.41) is 3.27. The Morgan fingerprint density at radius 3 is 2.84 bits per heavy atom. The van der Waals surface area contributed by atoms with Gasteiger partial charge in [0.1, 0.15) is 11.6 Å². The standard InChI is InChI=1S/C14H17BrFN3/c1-17-13(5-6-14-18-7-8-19(14)2)10-3-4-12(16)11(15)9-10/h3-4,7-9,13,17H,5-6H2,1-2H3. The Morgan fingerprint density at radius 2 is 2.26 bits per heavy atom. The molecule has 2 rings (SSSR count). The van der Waals surface area contributed by atoms with E-state index in [4.69, 9.17) is 0 Å². The normalized spacial score (nSPS) is 12.6. The highest BCUT2D eigenvalue weighted by Crippen LogP contribution is 2.24. The molecule has 1 aromatic carbocycles. The van der Waals surface area contributed by atoms with Crippen LogP contribution in [0.15, 0.2) is 35.1 Å². The van der Waals surface area contributed by atoms with Gasteiger partial charge in [-0.25, -0.2) is 9.37 Å². The molecule has 0 radical (unpaired) electrons. The minimum absolute atomic E-state index is 0.189. The molecule has 1 N–H and O–H groups in total. The highest BCUT2D eigenvalue weighted by atomic mass is 79.9. The molecular weight excluding hydrogens is 309 g/mol. The zero-order valence-corrected chi connectivity index (χ0v) is 12.6. The van der Waals surface area contributed by atoms with Crippen LogP contribution in [-0.2, 0) is 13.5 Å². The molecule has 1 aromatic heterocycles. The Kier molecular flexibility index (Phi) is 4.71. The van der Waals surface area contributed by atoms with Crippen molar-refractivity contribution in [3.05, 3.63) is 52.3 Å². The Bertz CT molecular complexity index is 553. The van der Waals surface area contributed by atoms with E-state index >= 15 is 0 Å². The Balaban J connectivity index is 2.07. The number of hydrogen-bond donors (Lipinski definition) is 1. The number of nitrogens with zero attached hydrogens (tertiary/aromatic N) is 2. The summed E-state index contributed by atoms with van der Waals surface area (Å²) in [6, 6.07) is 5.33. The van der Waals surface area contributed by atoms with Crippen LogP contribution in [0.5, 0.6) is 0 Å². The van der Waals surface area contributed by atoms with Crippen LogP contribution in [0.25, 0.3) is 0 Å². The lowest BCUT2D eigenvalue weighted by atomic mass is 10.0. The average Bonchev–Trinajstić information content (AvgIpc) is 2.80. The van der Waals surface area contributed by atoms with Crippen LogP contribution in [0.3, 0.4) is 0 Å². The van der Waals surface area contributed by atoms with Gasteiger partial charge in [0.2, 0.25) is 0 Å². The quantitative estimate of drug-likeness (QED) is 0.914. The van der Waals surface area contributed by atoms with Crippen molar-refractivity contribution in [3.63, 3.8) is 0 Å². The number of rotatable bonds is 5. The topological polar surface area (TPSA) is 29.9 Å². The van der Waals surface area contributed by atoms with Crippen molar-refractivity contribution < 1.29 is 4.39 Å². The van der Waals surface area contributed by atoms with E-state index in [1.165, 1.54) is 6.07 Å². The predicted molar refractivity (Wildman–Crippen MR) is 77.4 cm³/mol.